The Labute approximate surface area is 332 Å². The molecule has 0 radical (unpaired) electrons. The van der Waals surface area contributed by atoms with E-state index in [0.29, 0.717) is 22.3 Å². The zero-order valence-electron chi connectivity index (χ0n) is 33.6. The van der Waals surface area contributed by atoms with Crippen LogP contribution in [-0.2, 0) is 38.1 Å². The number of rotatable bonds is 9. The largest absolute Gasteiger partial charge is 0.456 e. The number of ketones is 1. The molecule has 1 unspecified atom stereocenters. The van der Waals surface area contributed by atoms with Gasteiger partial charge >= 0.3 is 17.9 Å². The van der Waals surface area contributed by atoms with E-state index in [4.69, 9.17) is 18.9 Å². The van der Waals surface area contributed by atoms with E-state index in [0.717, 1.165) is 0 Å². The van der Waals surface area contributed by atoms with Crippen LogP contribution in [0.4, 0.5) is 0 Å². The number of aliphatic hydroxyl groups is 3. The number of nitrogens with one attached hydrogen (secondary N) is 1. The first-order valence-corrected chi connectivity index (χ1v) is 19.4. The summed E-state index contributed by atoms with van der Waals surface area (Å²) in [5, 5.41) is 39.8. The predicted molar refractivity (Wildman–Crippen MR) is 205 cm³/mol. The van der Waals surface area contributed by atoms with Gasteiger partial charge in [-0.05, 0) is 56.5 Å². The van der Waals surface area contributed by atoms with E-state index in [2.05, 4.69) is 5.32 Å². The fourth-order valence-corrected chi connectivity index (χ4v) is 10.0. The number of aliphatic hydroxyl groups excluding tert-OH is 2. The van der Waals surface area contributed by atoms with E-state index in [9.17, 15) is 34.5 Å². The highest BCUT2D eigenvalue weighted by atomic mass is 16.6. The lowest BCUT2D eigenvalue weighted by molar-refractivity contribution is -0.345. The van der Waals surface area contributed by atoms with Gasteiger partial charge in [-0.2, -0.15) is 0 Å². The Morgan fingerprint density at radius 3 is 2.16 bits per heavy atom. The minimum atomic E-state index is -2.18. The Morgan fingerprint density at radius 2 is 1.60 bits per heavy atom. The number of esters is 3. The van der Waals surface area contributed by atoms with Crippen molar-refractivity contribution in [1.29, 1.82) is 0 Å². The van der Waals surface area contributed by atoms with Crippen molar-refractivity contribution in [2.45, 2.75) is 116 Å². The SMILES string of the molecule is C/C=C(\C)C(=O)N[C@@H](c1ccccc1)[C@@H](O)C(=O)O[C@H]1C[C@@]2(O)[C@@H](OC(=O)c3ccccc3)C3[C@](C)(C(=O)[C@H](C)C(=C1C)C2(C)C)[C@@H](O)C[C@H]1OC[C@@]31OC(C)=O. The minimum absolute atomic E-state index is 0.0667. The van der Waals surface area contributed by atoms with Crippen LogP contribution in [-0.4, -0.2) is 93.2 Å². The van der Waals surface area contributed by atoms with Crippen molar-refractivity contribution in [1.82, 2.24) is 5.32 Å². The van der Waals surface area contributed by atoms with E-state index in [-0.39, 0.29) is 18.6 Å². The summed E-state index contributed by atoms with van der Waals surface area (Å²) in [6, 6.07) is 15.3. The van der Waals surface area contributed by atoms with Gasteiger partial charge in [0.2, 0.25) is 5.91 Å². The molecule has 1 aliphatic heterocycles. The van der Waals surface area contributed by atoms with E-state index in [1.54, 1.807) is 103 Å². The summed E-state index contributed by atoms with van der Waals surface area (Å²) in [4.78, 5) is 69.4. The lowest BCUT2D eigenvalue weighted by Crippen LogP contribution is -2.81. The molecule has 2 aromatic rings. The van der Waals surface area contributed by atoms with Gasteiger partial charge in [0.25, 0.3) is 0 Å². The number of amides is 1. The smallest absolute Gasteiger partial charge is 0.338 e. The molecule has 1 heterocycles. The van der Waals surface area contributed by atoms with Crippen molar-refractivity contribution >= 4 is 29.6 Å². The quantitative estimate of drug-likeness (QED) is 0.123. The number of hydrogen-bond acceptors (Lipinski definition) is 12. The second kappa shape index (κ2) is 15.2. The molecule has 11 atom stereocenters. The molecule has 57 heavy (non-hydrogen) atoms. The van der Waals surface area contributed by atoms with Crippen LogP contribution in [0.25, 0.3) is 0 Å². The molecule has 13 heteroatoms. The molecule has 0 spiro atoms. The summed E-state index contributed by atoms with van der Waals surface area (Å²) >= 11 is 0. The number of benzene rings is 2. The highest BCUT2D eigenvalue weighted by Gasteiger charge is 2.77. The summed E-state index contributed by atoms with van der Waals surface area (Å²) < 4.78 is 24.5. The molecule has 306 valence electrons. The molecule has 1 amide bonds. The number of allylic oxidation sites excluding steroid dienone is 1. The zero-order chi connectivity index (χ0) is 41.8. The van der Waals surface area contributed by atoms with Crippen LogP contribution in [0.1, 0.15) is 90.2 Å². The monoisotopic (exact) mass is 787 g/mol. The standard InChI is InChI=1S/C44H53NO12/c1-9-23(2)38(50)45-33(27-16-12-10-13-17-27)34(48)40(52)55-29-21-44(53)37(56-39(51)28-18-14-11-15-19-28)35-42(8,36(49)25(4)32(24(29)3)41(44,6)7)30(47)20-31-43(35,22-54-31)57-26(5)46/h9-19,25,29-31,33-35,37,47-48,53H,20-22H2,1-8H3,(H,45,50)/b23-9+/t25-,29+,30+,31-,33+,34-,35?,37+,42-,43+,44-/m1/s1. The molecule has 3 aliphatic carbocycles. The summed E-state index contributed by atoms with van der Waals surface area (Å²) in [7, 11) is 0. The first-order chi connectivity index (χ1) is 26.8. The molecule has 4 aliphatic rings. The van der Waals surface area contributed by atoms with Gasteiger partial charge in [-0.3, -0.25) is 14.4 Å². The van der Waals surface area contributed by atoms with Crippen molar-refractivity contribution in [2.24, 2.45) is 22.7 Å². The Bertz CT molecular complexity index is 1990. The zero-order valence-corrected chi connectivity index (χ0v) is 33.6. The van der Waals surface area contributed by atoms with Crippen LogP contribution in [0, 0.1) is 22.7 Å². The fourth-order valence-electron chi connectivity index (χ4n) is 10.0. The van der Waals surface area contributed by atoms with Crippen molar-refractivity contribution in [3.8, 4) is 0 Å². The van der Waals surface area contributed by atoms with Gasteiger partial charge in [0.05, 0.1) is 35.6 Å². The number of fused-ring (bicyclic) bond motifs is 5. The van der Waals surface area contributed by atoms with Crippen molar-refractivity contribution < 1.29 is 58.2 Å². The number of Topliss-reactive ketones (excluding diaryl/α,β-unsaturated/α-hetero) is 1. The van der Waals surface area contributed by atoms with Gasteiger partial charge in [-0.1, -0.05) is 75.4 Å². The Balaban J connectivity index is 1.50. The van der Waals surface area contributed by atoms with E-state index >= 15 is 4.79 Å². The third-order valence-corrected chi connectivity index (χ3v) is 13.3. The van der Waals surface area contributed by atoms with Gasteiger partial charge in [-0.25, -0.2) is 9.59 Å². The van der Waals surface area contributed by atoms with E-state index in [1.165, 1.54) is 19.1 Å². The maximum Gasteiger partial charge on any atom is 0.338 e. The summed E-state index contributed by atoms with van der Waals surface area (Å²) in [6.07, 6.45) is -6.01. The Hall–Kier alpha value is -4.69. The molecule has 3 fully saturated rings. The van der Waals surface area contributed by atoms with Crippen molar-refractivity contribution in [3.05, 3.63) is 94.6 Å². The number of carbonyl (C=O) groups excluding carboxylic acids is 5. The molecular formula is C44H53NO12. The molecule has 2 saturated carbocycles. The number of carbonyl (C=O) groups is 5. The van der Waals surface area contributed by atoms with Crippen LogP contribution in [0.5, 0.6) is 0 Å². The molecular weight excluding hydrogens is 734 g/mol. The van der Waals surface area contributed by atoms with Gasteiger partial charge < -0.3 is 39.6 Å². The maximum atomic E-state index is 15.2. The number of hydrogen-bond donors (Lipinski definition) is 4. The predicted octanol–water partition coefficient (Wildman–Crippen LogP) is 4.09. The Kier molecular flexibility index (Phi) is 11.2. The van der Waals surface area contributed by atoms with Gasteiger partial charge in [-0.15, -0.1) is 0 Å². The topological polar surface area (TPSA) is 195 Å². The van der Waals surface area contributed by atoms with Gasteiger partial charge in [0.15, 0.2) is 11.7 Å². The molecule has 0 aromatic heterocycles. The lowest BCUT2D eigenvalue weighted by atomic mass is 9.43. The third kappa shape index (κ3) is 6.71. The summed E-state index contributed by atoms with van der Waals surface area (Å²) in [5.74, 6) is -5.99. The summed E-state index contributed by atoms with van der Waals surface area (Å²) in [6.45, 7) is 12.6. The fraction of sp³-hybridized carbons (Fsp3) is 0.523. The molecule has 13 nitrogen and oxygen atoms in total. The van der Waals surface area contributed by atoms with Crippen LogP contribution in [0.2, 0.25) is 0 Å². The Morgan fingerprint density at radius 1 is 0.982 bits per heavy atom. The molecule has 4 N–H and O–H groups in total. The lowest BCUT2D eigenvalue weighted by Gasteiger charge is -2.67. The van der Waals surface area contributed by atoms with E-state index in [1.807, 2.05) is 0 Å². The van der Waals surface area contributed by atoms with Gasteiger partial charge in [0, 0.05) is 36.7 Å². The van der Waals surface area contributed by atoms with Gasteiger partial charge in [0.1, 0.15) is 29.7 Å². The molecule has 1 saturated heterocycles. The first-order valence-electron chi connectivity index (χ1n) is 19.4. The van der Waals surface area contributed by atoms with Crippen LogP contribution in [0.15, 0.2) is 83.5 Å². The minimum Gasteiger partial charge on any atom is -0.456 e. The average Bonchev–Trinajstić information content (AvgIpc) is 3.18. The van der Waals surface area contributed by atoms with Crippen LogP contribution in [0.3, 0.4) is 0 Å². The molecule has 2 aromatic carbocycles. The maximum absolute atomic E-state index is 15.2. The number of ether oxygens (including phenoxy) is 4. The van der Waals surface area contributed by atoms with Crippen LogP contribution < -0.4 is 5.32 Å². The van der Waals surface area contributed by atoms with Crippen LogP contribution >= 0.6 is 0 Å². The molecule has 6 rings (SSSR count). The normalized spacial score (nSPS) is 34.2. The average molecular weight is 788 g/mol. The first kappa shape index (κ1) is 41.9. The van der Waals surface area contributed by atoms with Crippen molar-refractivity contribution in [2.75, 3.05) is 6.61 Å². The summed E-state index contributed by atoms with van der Waals surface area (Å²) in [5.41, 5.74) is -5.17. The van der Waals surface area contributed by atoms with E-state index < -0.39 is 106 Å². The third-order valence-electron chi connectivity index (χ3n) is 13.3. The highest BCUT2D eigenvalue weighted by Crippen LogP contribution is 2.65. The highest BCUT2D eigenvalue weighted by molar-refractivity contribution is 5.94. The second-order valence-electron chi connectivity index (χ2n) is 16.7. The second-order valence-corrected chi connectivity index (χ2v) is 16.7. The van der Waals surface area contributed by atoms with Crippen molar-refractivity contribution in [3.63, 3.8) is 0 Å². The molecule has 2 bridgehead atoms.